The average Bonchev–Trinajstić information content (AvgIpc) is 3.11. The first-order valence-electron chi connectivity index (χ1n) is 9.54. The Bertz CT molecular complexity index is 692. The van der Waals surface area contributed by atoms with Crippen molar-refractivity contribution in [2.75, 3.05) is 0 Å². The van der Waals surface area contributed by atoms with Gasteiger partial charge in [-0.15, -0.1) is 10.2 Å². The summed E-state index contributed by atoms with van der Waals surface area (Å²) >= 11 is 1.63. The van der Waals surface area contributed by atoms with Crippen LogP contribution in [0.2, 0.25) is 0 Å². The molecule has 1 heterocycles. The molecule has 0 bridgehead atoms. The normalized spacial score (nSPS) is 11.2. The Balaban J connectivity index is 1.85. The molecule has 0 amide bonds. The van der Waals surface area contributed by atoms with Crippen molar-refractivity contribution in [1.29, 1.82) is 0 Å². The van der Waals surface area contributed by atoms with Crippen molar-refractivity contribution in [2.45, 2.75) is 65.2 Å². The van der Waals surface area contributed by atoms with Gasteiger partial charge in [-0.05, 0) is 43.5 Å². The number of carbonyl (C=O) groups is 1. The molecule has 0 atom stereocenters. The molecule has 5 heteroatoms. The Morgan fingerprint density at radius 3 is 2.50 bits per heavy atom. The number of benzene rings is 1. The molecule has 2 aromatic rings. The number of allylic oxidation sites excluding steroid dienone is 1. The zero-order chi connectivity index (χ0) is 18.6. The predicted molar refractivity (Wildman–Crippen MR) is 107 cm³/mol. The highest BCUT2D eigenvalue weighted by molar-refractivity contribution is 7.14. The van der Waals surface area contributed by atoms with Crippen LogP contribution in [0.5, 0.6) is 5.75 Å². The van der Waals surface area contributed by atoms with E-state index < -0.39 is 0 Å². The molecule has 0 fully saturated rings. The first-order chi connectivity index (χ1) is 12.7. The molecule has 0 N–H and O–H groups in total. The molecule has 0 aliphatic rings. The van der Waals surface area contributed by atoms with Crippen molar-refractivity contribution in [2.24, 2.45) is 0 Å². The summed E-state index contributed by atoms with van der Waals surface area (Å²) in [4.78, 5) is 11.8. The summed E-state index contributed by atoms with van der Waals surface area (Å²) in [6, 6.07) is 7.44. The molecular weight excluding hydrogens is 344 g/mol. The van der Waals surface area contributed by atoms with Gasteiger partial charge in [0.25, 0.3) is 0 Å². The number of nitrogens with zero attached hydrogens (tertiary/aromatic N) is 2. The van der Waals surface area contributed by atoms with E-state index in [4.69, 9.17) is 4.74 Å². The third-order valence-electron chi connectivity index (χ3n) is 4.01. The third kappa shape index (κ3) is 7.08. The molecule has 1 aromatic heterocycles. The largest absolute Gasteiger partial charge is 0.423 e. The first-order valence-corrected chi connectivity index (χ1v) is 10.4. The zero-order valence-corrected chi connectivity index (χ0v) is 16.6. The minimum atomic E-state index is -0.330. The van der Waals surface area contributed by atoms with Crippen LogP contribution in [0.1, 0.15) is 63.8 Å². The summed E-state index contributed by atoms with van der Waals surface area (Å²) in [5.41, 5.74) is 0.999. The molecule has 4 nitrogen and oxygen atoms in total. The lowest BCUT2D eigenvalue weighted by molar-refractivity contribution is -0.129. The van der Waals surface area contributed by atoms with E-state index in [2.05, 4.69) is 24.0 Å². The van der Waals surface area contributed by atoms with E-state index >= 15 is 0 Å². The van der Waals surface area contributed by atoms with E-state index in [1.54, 1.807) is 23.5 Å². The SMILES string of the molecule is CCCCCC=CC(=O)Oc1ccc(-c2nnc(CCCCC)s2)cc1. The molecule has 140 valence electrons. The molecule has 2 rings (SSSR count). The summed E-state index contributed by atoms with van der Waals surface area (Å²) in [7, 11) is 0. The van der Waals surface area contributed by atoms with E-state index in [0.717, 1.165) is 41.3 Å². The van der Waals surface area contributed by atoms with Crippen LogP contribution >= 0.6 is 11.3 Å². The van der Waals surface area contributed by atoms with E-state index in [9.17, 15) is 4.79 Å². The van der Waals surface area contributed by atoms with Crippen LogP contribution in [0.25, 0.3) is 10.6 Å². The molecule has 0 spiro atoms. The van der Waals surface area contributed by atoms with Crippen LogP contribution in [0.4, 0.5) is 0 Å². The molecule has 0 saturated carbocycles. The molecule has 26 heavy (non-hydrogen) atoms. The number of esters is 1. The van der Waals surface area contributed by atoms with Crippen molar-refractivity contribution in [3.8, 4) is 16.3 Å². The molecule has 0 radical (unpaired) electrons. The summed E-state index contributed by atoms with van der Waals surface area (Å²) < 4.78 is 5.32. The Morgan fingerprint density at radius 1 is 1.04 bits per heavy atom. The lowest BCUT2D eigenvalue weighted by Gasteiger charge is -2.02. The minimum absolute atomic E-state index is 0.330. The van der Waals surface area contributed by atoms with Crippen LogP contribution in [-0.2, 0) is 11.2 Å². The summed E-state index contributed by atoms with van der Waals surface area (Å²) in [5.74, 6) is 0.216. The molecule has 0 aliphatic carbocycles. The zero-order valence-electron chi connectivity index (χ0n) is 15.7. The van der Waals surface area contributed by atoms with Gasteiger partial charge in [-0.1, -0.05) is 56.9 Å². The van der Waals surface area contributed by atoms with E-state index in [-0.39, 0.29) is 5.97 Å². The van der Waals surface area contributed by atoms with Crippen molar-refractivity contribution < 1.29 is 9.53 Å². The standard InChI is InChI=1S/C21H28N2O2S/c1-3-5-7-8-10-12-20(24)25-18-15-13-17(14-16-18)21-23-22-19(26-21)11-9-6-4-2/h10,12-16H,3-9,11H2,1-2H3. The van der Waals surface area contributed by atoms with Crippen molar-refractivity contribution >= 4 is 17.3 Å². The number of unbranched alkanes of at least 4 members (excludes halogenated alkanes) is 5. The van der Waals surface area contributed by atoms with Crippen LogP contribution in [-0.4, -0.2) is 16.2 Å². The monoisotopic (exact) mass is 372 g/mol. The van der Waals surface area contributed by atoms with Gasteiger partial charge in [0.2, 0.25) is 0 Å². The van der Waals surface area contributed by atoms with Gasteiger partial charge in [-0.25, -0.2) is 4.79 Å². The van der Waals surface area contributed by atoms with Gasteiger partial charge in [-0.3, -0.25) is 0 Å². The maximum atomic E-state index is 11.8. The molecule has 1 aromatic carbocycles. The fourth-order valence-corrected chi connectivity index (χ4v) is 3.39. The molecule has 0 aliphatic heterocycles. The summed E-state index contributed by atoms with van der Waals surface area (Å²) in [6.07, 6.45) is 12.4. The van der Waals surface area contributed by atoms with Crippen LogP contribution in [0.3, 0.4) is 0 Å². The van der Waals surface area contributed by atoms with Crippen LogP contribution < -0.4 is 4.74 Å². The second kappa shape index (κ2) is 11.6. The van der Waals surface area contributed by atoms with E-state index in [0.29, 0.717) is 5.75 Å². The fraction of sp³-hybridized carbons (Fsp3) is 0.476. The van der Waals surface area contributed by atoms with Gasteiger partial charge in [0.05, 0.1) is 0 Å². The Hall–Kier alpha value is -2.01. The highest BCUT2D eigenvalue weighted by Crippen LogP contribution is 2.26. The smallest absolute Gasteiger partial charge is 0.335 e. The van der Waals surface area contributed by atoms with Crippen molar-refractivity contribution in [3.05, 3.63) is 41.4 Å². The van der Waals surface area contributed by atoms with E-state index in [1.807, 2.05) is 18.2 Å². The van der Waals surface area contributed by atoms with Gasteiger partial charge < -0.3 is 4.74 Å². The highest BCUT2D eigenvalue weighted by Gasteiger charge is 2.07. The maximum absolute atomic E-state index is 11.8. The number of ether oxygens (including phenoxy) is 1. The Labute approximate surface area is 160 Å². The Kier molecular flexibility index (Phi) is 9.04. The van der Waals surface area contributed by atoms with E-state index in [1.165, 1.54) is 31.8 Å². The number of hydrogen-bond acceptors (Lipinski definition) is 5. The Morgan fingerprint density at radius 2 is 1.77 bits per heavy atom. The number of aromatic nitrogens is 2. The fourth-order valence-electron chi connectivity index (χ4n) is 2.50. The first kappa shape index (κ1) is 20.3. The van der Waals surface area contributed by atoms with Gasteiger partial charge in [0.1, 0.15) is 15.8 Å². The molecular formula is C21H28N2O2S. The molecule has 0 saturated heterocycles. The van der Waals surface area contributed by atoms with Crippen molar-refractivity contribution in [3.63, 3.8) is 0 Å². The van der Waals surface area contributed by atoms with Gasteiger partial charge in [-0.2, -0.15) is 0 Å². The van der Waals surface area contributed by atoms with Gasteiger partial charge in [0, 0.05) is 18.1 Å². The second-order valence-corrected chi connectivity index (χ2v) is 7.36. The maximum Gasteiger partial charge on any atom is 0.335 e. The second-order valence-electron chi connectivity index (χ2n) is 6.30. The number of rotatable bonds is 11. The lowest BCUT2D eigenvalue weighted by atomic mass is 10.2. The summed E-state index contributed by atoms with van der Waals surface area (Å²) in [5, 5.41) is 10.5. The number of carbonyl (C=O) groups excluding carboxylic acids is 1. The van der Waals surface area contributed by atoms with Gasteiger partial charge >= 0.3 is 5.97 Å². The van der Waals surface area contributed by atoms with Gasteiger partial charge in [0.15, 0.2) is 0 Å². The van der Waals surface area contributed by atoms with Crippen LogP contribution in [0, 0.1) is 0 Å². The quantitative estimate of drug-likeness (QED) is 0.211. The number of hydrogen-bond donors (Lipinski definition) is 0. The average molecular weight is 373 g/mol. The molecule has 0 unspecified atom stereocenters. The lowest BCUT2D eigenvalue weighted by Crippen LogP contribution is -2.03. The van der Waals surface area contributed by atoms with Crippen molar-refractivity contribution in [1.82, 2.24) is 10.2 Å². The predicted octanol–water partition coefficient (Wildman–Crippen LogP) is 5.98. The summed E-state index contributed by atoms with van der Waals surface area (Å²) in [6.45, 7) is 4.36. The number of aryl methyl sites for hydroxylation is 1. The minimum Gasteiger partial charge on any atom is -0.423 e. The topological polar surface area (TPSA) is 52.1 Å². The highest BCUT2D eigenvalue weighted by atomic mass is 32.1. The third-order valence-corrected chi connectivity index (χ3v) is 5.04. The van der Waals surface area contributed by atoms with Crippen LogP contribution in [0.15, 0.2) is 36.4 Å².